The fourth-order valence-electron chi connectivity index (χ4n) is 2.85. The summed E-state index contributed by atoms with van der Waals surface area (Å²) in [4.78, 5) is 11.3. The first-order valence-corrected chi connectivity index (χ1v) is 8.46. The fourth-order valence-corrected chi connectivity index (χ4v) is 2.85. The Morgan fingerprint density at radius 3 is 1.86 bits per heavy atom. The minimum Gasteiger partial charge on any atom is -0.392 e. The smallest absolute Gasteiger partial charge is 0.392 e. The molecule has 0 spiro atoms. The molecule has 0 heterocycles. The third kappa shape index (κ3) is 6.09. The average molecular weight is 404 g/mol. The van der Waals surface area contributed by atoms with Crippen LogP contribution in [0.1, 0.15) is 28.7 Å². The molecule has 2 aromatic carbocycles. The second-order valence-corrected chi connectivity index (χ2v) is 6.51. The lowest BCUT2D eigenvalue weighted by molar-refractivity contribution is -0.138. The Morgan fingerprint density at radius 1 is 0.857 bits per heavy atom. The molecule has 0 saturated carbocycles. The number of alkyl halides is 6. The van der Waals surface area contributed by atoms with Crippen LogP contribution >= 0.6 is 0 Å². The van der Waals surface area contributed by atoms with Crippen molar-refractivity contribution in [3.8, 4) is 0 Å². The number of hydrogen-bond acceptors (Lipinski definition) is 2. The lowest BCUT2D eigenvalue weighted by Crippen LogP contribution is -2.24. The normalized spacial score (nSPS) is 14.5. The Bertz CT molecular complexity index is 798. The van der Waals surface area contributed by atoms with E-state index >= 15 is 0 Å². The van der Waals surface area contributed by atoms with E-state index in [1.165, 1.54) is 24.3 Å². The number of hydrogen-bond donors (Lipinski definition) is 1. The molecule has 0 aliphatic heterocycles. The van der Waals surface area contributed by atoms with Crippen LogP contribution in [0.2, 0.25) is 0 Å². The van der Waals surface area contributed by atoms with E-state index in [0.717, 1.165) is 24.3 Å². The number of aldehydes is 1. The lowest BCUT2D eigenvalue weighted by Gasteiger charge is -2.19. The van der Waals surface area contributed by atoms with Crippen LogP contribution in [0, 0.1) is 5.92 Å². The van der Waals surface area contributed by atoms with Gasteiger partial charge in [0.25, 0.3) is 0 Å². The van der Waals surface area contributed by atoms with E-state index in [0.29, 0.717) is 11.8 Å². The second-order valence-electron chi connectivity index (χ2n) is 6.51. The van der Waals surface area contributed by atoms with Crippen LogP contribution < -0.4 is 0 Å². The minimum atomic E-state index is -4.52. The highest BCUT2D eigenvalue weighted by Crippen LogP contribution is 2.31. The number of aryl methyl sites for hydroxylation is 1. The zero-order valence-electron chi connectivity index (χ0n) is 14.6. The summed E-state index contributed by atoms with van der Waals surface area (Å²) in [5.74, 6) is -0.964. The third-order valence-electron chi connectivity index (χ3n) is 4.38. The Hall–Kier alpha value is -2.35. The van der Waals surface area contributed by atoms with Crippen LogP contribution in [0.15, 0.2) is 48.5 Å². The SMILES string of the molecule is O=CC(Cc1cccc(C(F)(F)F)c1)C(O)CCc1cccc(C(F)(F)F)c1. The van der Waals surface area contributed by atoms with Crippen LogP contribution in [-0.4, -0.2) is 17.5 Å². The molecule has 2 nitrogen and oxygen atoms in total. The quantitative estimate of drug-likeness (QED) is 0.517. The molecule has 0 bridgehead atoms. The highest BCUT2D eigenvalue weighted by Gasteiger charge is 2.31. The highest BCUT2D eigenvalue weighted by atomic mass is 19.4. The Kier molecular flexibility index (Phi) is 6.87. The van der Waals surface area contributed by atoms with Crippen LogP contribution in [0.5, 0.6) is 0 Å². The molecule has 8 heteroatoms. The van der Waals surface area contributed by atoms with Gasteiger partial charge >= 0.3 is 12.4 Å². The Labute approximate surface area is 157 Å². The topological polar surface area (TPSA) is 37.3 Å². The molecule has 0 aromatic heterocycles. The molecule has 28 heavy (non-hydrogen) atoms. The van der Waals surface area contributed by atoms with Crippen molar-refractivity contribution < 1.29 is 36.2 Å². The molecule has 2 rings (SSSR count). The van der Waals surface area contributed by atoms with Gasteiger partial charge in [-0.05, 0) is 42.5 Å². The molecule has 0 aliphatic rings. The van der Waals surface area contributed by atoms with Crippen molar-refractivity contribution in [2.24, 2.45) is 5.92 Å². The maximum Gasteiger partial charge on any atom is 0.416 e. The summed E-state index contributed by atoms with van der Waals surface area (Å²) in [5.41, 5.74) is -1.08. The van der Waals surface area contributed by atoms with Crippen molar-refractivity contribution in [2.45, 2.75) is 37.7 Å². The van der Waals surface area contributed by atoms with Gasteiger partial charge in [-0.25, -0.2) is 0 Å². The van der Waals surface area contributed by atoms with Gasteiger partial charge in [-0.3, -0.25) is 0 Å². The van der Waals surface area contributed by atoms with Gasteiger partial charge in [0, 0.05) is 5.92 Å². The van der Waals surface area contributed by atoms with E-state index in [1.807, 2.05) is 0 Å². The third-order valence-corrected chi connectivity index (χ3v) is 4.38. The number of aliphatic hydroxyl groups is 1. The van der Waals surface area contributed by atoms with E-state index < -0.39 is 35.5 Å². The second kappa shape index (κ2) is 8.77. The van der Waals surface area contributed by atoms with Crippen LogP contribution in [0.4, 0.5) is 26.3 Å². The minimum absolute atomic E-state index is 0.00365. The predicted octanol–water partition coefficient (Wildman–Crippen LogP) is 5.08. The van der Waals surface area contributed by atoms with Gasteiger partial charge in [0.2, 0.25) is 0 Å². The summed E-state index contributed by atoms with van der Waals surface area (Å²) in [7, 11) is 0. The van der Waals surface area contributed by atoms with Crippen molar-refractivity contribution in [3.05, 3.63) is 70.8 Å². The maximum atomic E-state index is 12.8. The van der Waals surface area contributed by atoms with Gasteiger partial charge in [0.1, 0.15) is 6.29 Å². The Balaban J connectivity index is 2.03. The van der Waals surface area contributed by atoms with Gasteiger partial charge in [-0.1, -0.05) is 36.4 Å². The molecule has 0 aliphatic carbocycles. The van der Waals surface area contributed by atoms with Crippen LogP contribution in [0.3, 0.4) is 0 Å². The van der Waals surface area contributed by atoms with Crippen molar-refractivity contribution >= 4 is 6.29 Å². The summed E-state index contributed by atoms with van der Waals surface area (Å²) < 4.78 is 76.5. The zero-order valence-corrected chi connectivity index (χ0v) is 14.6. The van der Waals surface area contributed by atoms with Crippen LogP contribution in [-0.2, 0) is 30.0 Å². The fraction of sp³-hybridized carbons (Fsp3) is 0.350. The van der Waals surface area contributed by atoms with Gasteiger partial charge < -0.3 is 9.90 Å². The number of benzene rings is 2. The first-order chi connectivity index (χ1) is 13.0. The van der Waals surface area contributed by atoms with E-state index in [-0.39, 0.29) is 24.8 Å². The largest absolute Gasteiger partial charge is 0.416 e. The lowest BCUT2D eigenvalue weighted by atomic mass is 9.91. The van der Waals surface area contributed by atoms with Gasteiger partial charge in [0.05, 0.1) is 17.2 Å². The van der Waals surface area contributed by atoms with Gasteiger partial charge in [-0.2, -0.15) is 26.3 Å². The van der Waals surface area contributed by atoms with Crippen molar-refractivity contribution in [3.63, 3.8) is 0 Å². The molecule has 2 atom stereocenters. The molecule has 2 unspecified atom stereocenters. The van der Waals surface area contributed by atoms with E-state index in [4.69, 9.17) is 0 Å². The molecule has 0 amide bonds. The summed E-state index contributed by atoms with van der Waals surface area (Å²) in [6.07, 6.45) is -9.74. The molecule has 0 fully saturated rings. The summed E-state index contributed by atoms with van der Waals surface area (Å²) in [6.45, 7) is 0. The zero-order chi connectivity index (χ0) is 20.9. The van der Waals surface area contributed by atoms with Crippen molar-refractivity contribution in [1.82, 2.24) is 0 Å². The number of carbonyl (C=O) groups is 1. The summed E-state index contributed by atoms with van der Waals surface area (Å²) >= 11 is 0. The monoisotopic (exact) mass is 404 g/mol. The maximum absolute atomic E-state index is 12.8. The first-order valence-electron chi connectivity index (χ1n) is 8.46. The molecule has 0 radical (unpaired) electrons. The molecule has 152 valence electrons. The summed E-state index contributed by atoms with van der Waals surface area (Å²) in [6, 6.07) is 9.09. The standard InChI is InChI=1S/C20H18F6O2/c21-19(22,23)16-5-1-3-13(10-16)7-8-18(28)15(12-27)9-14-4-2-6-17(11-14)20(24,25)26/h1-6,10-12,15,18,28H,7-9H2. The molecular weight excluding hydrogens is 386 g/mol. The molecule has 0 saturated heterocycles. The number of aliphatic hydroxyl groups excluding tert-OH is 1. The predicted molar refractivity (Wildman–Crippen MR) is 90.5 cm³/mol. The highest BCUT2D eigenvalue weighted by molar-refractivity contribution is 5.55. The summed E-state index contributed by atoms with van der Waals surface area (Å²) in [5, 5.41) is 10.2. The van der Waals surface area contributed by atoms with Crippen molar-refractivity contribution in [1.29, 1.82) is 0 Å². The average Bonchev–Trinajstić information content (AvgIpc) is 2.63. The van der Waals surface area contributed by atoms with Gasteiger partial charge in [-0.15, -0.1) is 0 Å². The number of rotatable bonds is 7. The number of halogens is 6. The molecule has 1 N–H and O–H groups in total. The van der Waals surface area contributed by atoms with E-state index in [1.54, 1.807) is 0 Å². The van der Waals surface area contributed by atoms with Crippen molar-refractivity contribution in [2.75, 3.05) is 0 Å². The molecule has 2 aromatic rings. The Morgan fingerprint density at radius 2 is 1.36 bits per heavy atom. The number of carbonyl (C=O) groups excluding carboxylic acids is 1. The van der Waals surface area contributed by atoms with Gasteiger partial charge in [0.15, 0.2) is 0 Å². The van der Waals surface area contributed by atoms with Crippen LogP contribution in [0.25, 0.3) is 0 Å². The first kappa shape index (κ1) is 21.9. The van der Waals surface area contributed by atoms with E-state index in [2.05, 4.69) is 0 Å². The molecular formula is C20H18F6O2. The van der Waals surface area contributed by atoms with E-state index in [9.17, 15) is 36.2 Å².